The van der Waals surface area contributed by atoms with E-state index in [9.17, 15) is 4.79 Å². The molecule has 0 saturated heterocycles. The molecule has 0 atom stereocenters. The molecule has 0 radical (unpaired) electrons. The third kappa shape index (κ3) is 3.11. The van der Waals surface area contributed by atoms with E-state index in [1.54, 1.807) is 12.5 Å². The number of benzene rings is 1. The SMILES string of the molecule is Cn1ccc2c(NC(=O)NCCCn3ccnc3)cccc21. The summed E-state index contributed by atoms with van der Waals surface area (Å²) in [4.78, 5) is 16.0. The Hall–Kier alpha value is -2.76. The summed E-state index contributed by atoms with van der Waals surface area (Å²) < 4.78 is 4.02. The molecular weight excluding hydrogens is 278 g/mol. The lowest BCUT2D eigenvalue weighted by Gasteiger charge is -2.09. The highest BCUT2D eigenvalue weighted by atomic mass is 16.2. The van der Waals surface area contributed by atoms with Gasteiger partial charge in [0.25, 0.3) is 0 Å². The molecule has 0 aliphatic carbocycles. The van der Waals surface area contributed by atoms with Crippen molar-refractivity contribution in [3.05, 3.63) is 49.2 Å². The number of amides is 2. The van der Waals surface area contributed by atoms with Crippen molar-refractivity contribution < 1.29 is 4.79 Å². The third-order valence-electron chi connectivity index (χ3n) is 3.61. The molecule has 2 aromatic heterocycles. The number of urea groups is 1. The lowest BCUT2D eigenvalue weighted by atomic mass is 10.2. The predicted molar refractivity (Wildman–Crippen MR) is 86.8 cm³/mol. The number of fused-ring (bicyclic) bond motifs is 1. The Kier molecular flexibility index (Phi) is 4.09. The minimum atomic E-state index is -0.179. The first-order chi connectivity index (χ1) is 10.7. The highest BCUT2D eigenvalue weighted by Crippen LogP contribution is 2.23. The zero-order chi connectivity index (χ0) is 15.4. The van der Waals surface area contributed by atoms with Crippen LogP contribution < -0.4 is 10.6 Å². The average Bonchev–Trinajstić information content (AvgIpc) is 3.15. The third-order valence-corrected chi connectivity index (χ3v) is 3.61. The summed E-state index contributed by atoms with van der Waals surface area (Å²) in [5, 5.41) is 6.82. The monoisotopic (exact) mass is 297 g/mol. The van der Waals surface area contributed by atoms with Gasteiger partial charge in [-0.15, -0.1) is 0 Å². The van der Waals surface area contributed by atoms with Gasteiger partial charge >= 0.3 is 6.03 Å². The van der Waals surface area contributed by atoms with Crippen LogP contribution >= 0.6 is 0 Å². The number of aromatic nitrogens is 3. The van der Waals surface area contributed by atoms with Crippen LogP contribution in [0.1, 0.15) is 6.42 Å². The predicted octanol–water partition coefficient (Wildman–Crippen LogP) is 2.59. The molecule has 2 amide bonds. The number of imidazole rings is 1. The van der Waals surface area contributed by atoms with E-state index < -0.39 is 0 Å². The van der Waals surface area contributed by atoms with Gasteiger partial charge in [-0.05, 0) is 24.6 Å². The first kappa shape index (κ1) is 14.2. The van der Waals surface area contributed by atoms with E-state index in [4.69, 9.17) is 0 Å². The fraction of sp³-hybridized carbons (Fsp3) is 0.250. The van der Waals surface area contributed by atoms with Crippen molar-refractivity contribution in [2.45, 2.75) is 13.0 Å². The fourth-order valence-electron chi connectivity index (χ4n) is 2.46. The summed E-state index contributed by atoms with van der Waals surface area (Å²) in [6.45, 7) is 1.46. The topological polar surface area (TPSA) is 63.9 Å². The van der Waals surface area contributed by atoms with Crippen LogP contribution in [0, 0.1) is 0 Å². The smallest absolute Gasteiger partial charge is 0.319 e. The fourth-order valence-corrected chi connectivity index (χ4v) is 2.46. The van der Waals surface area contributed by atoms with Crippen LogP contribution in [0.5, 0.6) is 0 Å². The quantitative estimate of drug-likeness (QED) is 0.711. The van der Waals surface area contributed by atoms with Gasteiger partial charge in [0.2, 0.25) is 0 Å². The molecule has 3 rings (SSSR count). The molecule has 114 valence electrons. The lowest BCUT2D eigenvalue weighted by molar-refractivity contribution is 0.252. The van der Waals surface area contributed by atoms with Crippen molar-refractivity contribution >= 4 is 22.6 Å². The minimum Gasteiger partial charge on any atom is -0.350 e. The van der Waals surface area contributed by atoms with Gasteiger partial charge in [-0.2, -0.15) is 0 Å². The van der Waals surface area contributed by atoms with Gasteiger partial charge < -0.3 is 19.8 Å². The van der Waals surface area contributed by atoms with Crippen molar-refractivity contribution in [2.24, 2.45) is 7.05 Å². The van der Waals surface area contributed by atoms with Gasteiger partial charge in [-0.25, -0.2) is 9.78 Å². The van der Waals surface area contributed by atoms with E-state index in [-0.39, 0.29) is 6.03 Å². The van der Waals surface area contributed by atoms with Gasteiger partial charge in [-0.3, -0.25) is 0 Å². The van der Waals surface area contributed by atoms with Crippen molar-refractivity contribution in [3.8, 4) is 0 Å². The number of anilines is 1. The molecule has 6 heteroatoms. The Bertz CT molecular complexity index is 760. The summed E-state index contributed by atoms with van der Waals surface area (Å²) in [7, 11) is 1.99. The molecule has 3 aromatic rings. The number of carbonyl (C=O) groups is 1. The van der Waals surface area contributed by atoms with Crippen LogP contribution in [-0.4, -0.2) is 26.7 Å². The second kappa shape index (κ2) is 6.34. The minimum absolute atomic E-state index is 0.179. The molecule has 0 spiro atoms. The van der Waals surface area contributed by atoms with Crippen LogP contribution in [0.3, 0.4) is 0 Å². The van der Waals surface area contributed by atoms with Gasteiger partial charge in [0, 0.05) is 49.6 Å². The van der Waals surface area contributed by atoms with E-state index in [2.05, 4.69) is 15.6 Å². The molecule has 0 aliphatic heterocycles. The molecule has 2 N–H and O–H groups in total. The average molecular weight is 297 g/mol. The molecule has 2 heterocycles. The van der Waals surface area contributed by atoms with Crippen LogP contribution in [0.15, 0.2) is 49.2 Å². The Morgan fingerprint density at radius 2 is 2.18 bits per heavy atom. The normalized spacial score (nSPS) is 10.8. The summed E-state index contributed by atoms with van der Waals surface area (Å²) >= 11 is 0. The van der Waals surface area contributed by atoms with Crippen LogP contribution in [-0.2, 0) is 13.6 Å². The Labute approximate surface area is 128 Å². The number of aryl methyl sites for hydroxylation is 2. The maximum absolute atomic E-state index is 12.0. The van der Waals surface area contributed by atoms with Gasteiger partial charge in [0.1, 0.15) is 0 Å². The number of nitrogens with zero attached hydrogens (tertiary/aromatic N) is 3. The van der Waals surface area contributed by atoms with Crippen molar-refractivity contribution in [1.29, 1.82) is 0 Å². The van der Waals surface area contributed by atoms with E-state index in [1.165, 1.54) is 0 Å². The maximum Gasteiger partial charge on any atom is 0.319 e. The Morgan fingerprint density at radius 1 is 1.27 bits per heavy atom. The van der Waals surface area contributed by atoms with Crippen molar-refractivity contribution in [1.82, 2.24) is 19.4 Å². The molecular formula is C16H19N5O. The Balaban J connectivity index is 1.52. The number of hydrogen-bond acceptors (Lipinski definition) is 2. The summed E-state index contributed by atoms with van der Waals surface area (Å²) in [6, 6.07) is 7.71. The lowest BCUT2D eigenvalue weighted by Crippen LogP contribution is -2.30. The molecule has 0 bridgehead atoms. The van der Waals surface area contributed by atoms with Crippen LogP contribution in [0.25, 0.3) is 10.9 Å². The summed E-state index contributed by atoms with van der Waals surface area (Å²) in [5.41, 5.74) is 1.92. The first-order valence-corrected chi connectivity index (χ1v) is 7.29. The maximum atomic E-state index is 12.0. The highest BCUT2D eigenvalue weighted by Gasteiger charge is 2.06. The second-order valence-corrected chi connectivity index (χ2v) is 5.20. The van der Waals surface area contributed by atoms with E-state index >= 15 is 0 Å². The van der Waals surface area contributed by atoms with E-state index in [0.29, 0.717) is 6.54 Å². The number of carbonyl (C=O) groups excluding carboxylic acids is 1. The number of rotatable bonds is 5. The van der Waals surface area contributed by atoms with Crippen LogP contribution in [0.4, 0.5) is 10.5 Å². The van der Waals surface area contributed by atoms with Crippen molar-refractivity contribution in [3.63, 3.8) is 0 Å². The largest absolute Gasteiger partial charge is 0.350 e. The molecule has 0 unspecified atom stereocenters. The molecule has 22 heavy (non-hydrogen) atoms. The van der Waals surface area contributed by atoms with Gasteiger partial charge in [-0.1, -0.05) is 6.07 Å². The van der Waals surface area contributed by atoms with Gasteiger partial charge in [0.15, 0.2) is 0 Å². The van der Waals surface area contributed by atoms with Crippen LogP contribution in [0.2, 0.25) is 0 Å². The standard InChI is InChI=1S/C16H19N5O/c1-20-10-6-13-14(4-2-5-15(13)20)19-16(22)18-7-3-9-21-11-8-17-12-21/h2,4-6,8,10-12H,3,7,9H2,1H3,(H2,18,19,22). The molecule has 0 fully saturated rings. The summed E-state index contributed by atoms with van der Waals surface area (Å²) in [6.07, 6.45) is 8.28. The molecule has 6 nitrogen and oxygen atoms in total. The highest BCUT2D eigenvalue weighted by molar-refractivity contribution is 6.00. The summed E-state index contributed by atoms with van der Waals surface area (Å²) in [5.74, 6) is 0. The second-order valence-electron chi connectivity index (χ2n) is 5.20. The first-order valence-electron chi connectivity index (χ1n) is 7.29. The van der Waals surface area contributed by atoms with Gasteiger partial charge in [0.05, 0.1) is 12.0 Å². The number of hydrogen-bond donors (Lipinski definition) is 2. The Morgan fingerprint density at radius 3 is 3.00 bits per heavy atom. The van der Waals surface area contributed by atoms with E-state index in [0.717, 1.165) is 29.6 Å². The van der Waals surface area contributed by atoms with Crippen molar-refractivity contribution in [2.75, 3.05) is 11.9 Å². The molecule has 0 aliphatic rings. The number of nitrogens with one attached hydrogen (secondary N) is 2. The van der Waals surface area contributed by atoms with E-state index in [1.807, 2.05) is 52.8 Å². The molecule has 0 saturated carbocycles. The zero-order valence-corrected chi connectivity index (χ0v) is 12.5. The molecule has 1 aromatic carbocycles. The zero-order valence-electron chi connectivity index (χ0n) is 12.5.